The summed E-state index contributed by atoms with van der Waals surface area (Å²) in [5.41, 5.74) is -0.291. The first kappa shape index (κ1) is 18.4. The SMILES string of the molecule is CC1(c2cccc(NC(=O)c3sc4cc(F)ccc4c3Cl)c2)NC(=O)NC1=O. The number of imide groups is 1. The van der Waals surface area contributed by atoms with Gasteiger partial charge in [0.15, 0.2) is 0 Å². The minimum Gasteiger partial charge on any atom is -0.321 e. The van der Waals surface area contributed by atoms with Crippen LogP contribution in [0.25, 0.3) is 10.1 Å². The molecule has 0 aliphatic carbocycles. The van der Waals surface area contributed by atoms with Crippen molar-refractivity contribution in [3.8, 4) is 0 Å². The van der Waals surface area contributed by atoms with Crippen molar-refractivity contribution >= 4 is 56.6 Å². The third-order valence-electron chi connectivity index (χ3n) is 4.54. The Morgan fingerprint density at radius 3 is 2.71 bits per heavy atom. The van der Waals surface area contributed by atoms with E-state index >= 15 is 0 Å². The van der Waals surface area contributed by atoms with E-state index in [9.17, 15) is 18.8 Å². The van der Waals surface area contributed by atoms with Crippen molar-refractivity contribution in [2.75, 3.05) is 5.32 Å². The molecule has 1 saturated heterocycles. The van der Waals surface area contributed by atoms with Crippen LogP contribution in [-0.2, 0) is 10.3 Å². The molecule has 1 aromatic heterocycles. The summed E-state index contributed by atoms with van der Waals surface area (Å²) in [6.07, 6.45) is 0. The fourth-order valence-electron chi connectivity index (χ4n) is 3.03. The van der Waals surface area contributed by atoms with Crippen molar-refractivity contribution in [2.45, 2.75) is 12.5 Å². The van der Waals surface area contributed by atoms with Gasteiger partial charge in [-0.15, -0.1) is 11.3 Å². The lowest BCUT2D eigenvalue weighted by Gasteiger charge is -2.21. The molecule has 3 N–H and O–H groups in total. The van der Waals surface area contributed by atoms with Crippen LogP contribution in [0.15, 0.2) is 42.5 Å². The van der Waals surface area contributed by atoms with Gasteiger partial charge in [0.25, 0.3) is 11.8 Å². The molecule has 4 amide bonds. The molecule has 2 heterocycles. The normalized spacial score (nSPS) is 18.8. The molecule has 1 aliphatic rings. The van der Waals surface area contributed by atoms with E-state index in [-0.39, 0.29) is 9.90 Å². The van der Waals surface area contributed by atoms with E-state index in [4.69, 9.17) is 11.6 Å². The lowest BCUT2D eigenvalue weighted by molar-refractivity contribution is -0.123. The lowest BCUT2D eigenvalue weighted by atomic mass is 9.92. The number of halogens is 2. The standard InChI is InChI=1S/C19H13ClFN3O3S/c1-19(17(26)23-18(27)24-19)9-3-2-4-11(7-9)22-16(25)15-14(20)12-6-5-10(21)8-13(12)28-15/h2-8H,1H3,(H,22,25)(H2,23,24,26,27). The Morgan fingerprint density at radius 1 is 1.21 bits per heavy atom. The Balaban J connectivity index is 1.63. The number of thiophene rings is 1. The van der Waals surface area contributed by atoms with Gasteiger partial charge in [0.05, 0.1) is 5.02 Å². The molecule has 28 heavy (non-hydrogen) atoms. The van der Waals surface area contributed by atoms with E-state index in [1.54, 1.807) is 31.2 Å². The topological polar surface area (TPSA) is 87.3 Å². The van der Waals surface area contributed by atoms with Gasteiger partial charge in [-0.05, 0) is 42.8 Å². The number of hydrogen-bond acceptors (Lipinski definition) is 4. The Bertz CT molecular complexity index is 1160. The first-order valence-electron chi connectivity index (χ1n) is 8.21. The van der Waals surface area contributed by atoms with Crippen LogP contribution in [0.5, 0.6) is 0 Å². The van der Waals surface area contributed by atoms with Crippen molar-refractivity contribution < 1.29 is 18.8 Å². The van der Waals surface area contributed by atoms with E-state index in [0.717, 1.165) is 11.3 Å². The summed E-state index contributed by atoms with van der Waals surface area (Å²) in [6, 6.07) is 10.2. The number of anilines is 1. The second-order valence-electron chi connectivity index (χ2n) is 6.45. The van der Waals surface area contributed by atoms with E-state index < -0.39 is 29.2 Å². The minimum absolute atomic E-state index is 0.253. The van der Waals surface area contributed by atoms with Crippen LogP contribution in [0.4, 0.5) is 14.9 Å². The van der Waals surface area contributed by atoms with Crippen molar-refractivity contribution in [1.82, 2.24) is 10.6 Å². The molecule has 4 rings (SSSR count). The summed E-state index contributed by atoms with van der Waals surface area (Å²) in [6.45, 7) is 1.57. The summed E-state index contributed by atoms with van der Waals surface area (Å²) >= 11 is 7.38. The summed E-state index contributed by atoms with van der Waals surface area (Å²) in [7, 11) is 0. The van der Waals surface area contributed by atoms with Crippen molar-refractivity contribution in [3.63, 3.8) is 0 Å². The predicted octanol–water partition coefficient (Wildman–Crippen LogP) is 4.00. The third kappa shape index (κ3) is 3.00. The summed E-state index contributed by atoms with van der Waals surface area (Å²) in [5.74, 6) is -1.33. The van der Waals surface area contributed by atoms with E-state index in [1.807, 2.05) is 0 Å². The largest absolute Gasteiger partial charge is 0.322 e. The maximum absolute atomic E-state index is 13.4. The van der Waals surface area contributed by atoms with Crippen LogP contribution in [-0.4, -0.2) is 17.8 Å². The van der Waals surface area contributed by atoms with Crippen molar-refractivity contribution in [2.24, 2.45) is 0 Å². The average molecular weight is 418 g/mol. The molecular weight excluding hydrogens is 405 g/mol. The van der Waals surface area contributed by atoms with Gasteiger partial charge in [-0.1, -0.05) is 23.7 Å². The Hall–Kier alpha value is -2.97. The second kappa shape index (κ2) is 6.57. The molecule has 1 fully saturated rings. The minimum atomic E-state index is -1.23. The van der Waals surface area contributed by atoms with Gasteiger partial charge in [-0.25, -0.2) is 9.18 Å². The second-order valence-corrected chi connectivity index (χ2v) is 7.88. The number of nitrogens with one attached hydrogen (secondary N) is 3. The molecule has 2 aromatic carbocycles. The van der Waals surface area contributed by atoms with Crippen LogP contribution in [0, 0.1) is 5.82 Å². The third-order valence-corrected chi connectivity index (χ3v) is 6.20. The van der Waals surface area contributed by atoms with Crippen molar-refractivity contribution in [3.05, 3.63) is 63.7 Å². The highest BCUT2D eigenvalue weighted by Crippen LogP contribution is 2.36. The Morgan fingerprint density at radius 2 is 2.00 bits per heavy atom. The van der Waals surface area contributed by atoms with Crippen LogP contribution in [0.1, 0.15) is 22.2 Å². The average Bonchev–Trinajstić information content (AvgIpc) is 3.11. The number of carbonyl (C=O) groups is 3. The number of carbonyl (C=O) groups excluding carboxylic acids is 3. The van der Waals surface area contributed by atoms with E-state index in [2.05, 4.69) is 16.0 Å². The van der Waals surface area contributed by atoms with Crippen molar-refractivity contribution in [1.29, 1.82) is 0 Å². The maximum Gasteiger partial charge on any atom is 0.322 e. The molecule has 0 saturated carbocycles. The number of fused-ring (bicyclic) bond motifs is 1. The highest BCUT2D eigenvalue weighted by Gasteiger charge is 2.43. The van der Waals surface area contributed by atoms with Gasteiger partial charge in [-0.2, -0.15) is 0 Å². The predicted molar refractivity (Wildman–Crippen MR) is 105 cm³/mol. The number of hydrogen-bond donors (Lipinski definition) is 3. The van der Waals surface area contributed by atoms with Gasteiger partial charge in [0.1, 0.15) is 16.2 Å². The zero-order chi connectivity index (χ0) is 20.1. The quantitative estimate of drug-likeness (QED) is 0.563. The van der Waals surface area contributed by atoms with Gasteiger partial charge in [-0.3, -0.25) is 14.9 Å². The summed E-state index contributed by atoms with van der Waals surface area (Å²) in [4.78, 5) is 36.5. The molecule has 6 nitrogen and oxygen atoms in total. The van der Waals surface area contributed by atoms with Gasteiger partial charge in [0, 0.05) is 15.8 Å². The zero-order valence-electron chi connectivity index (χ0n) is 14.4. The Labute approximate surface area is 167 Å². The first-order valence-corrected chi connectivity index (χ1v) is 9.40. The molecule has 1 unspecified atom stereocenters. The first-order chi connectivity index (χ1) is 13.3. The Kier molecular flexibility index (Phi) is 4.32. The fourth-order valence-corrected chi connectivity index (χ4v) is 4.46. The number of rotatable bonds is 3. The summed E-state index contributed by atoms with van der Waals surface area (Å²) < 4.78 is 14.0. The molecule has 1 aliphatic heterocycles. The fraction of sp³-hybridized carbons (Fsp3) is 0.105. The zero-order valence-corrected chi connectivity index (χ0v) is 16.0. The van der Waals surface area contributed by atoms with Gasteiger partial charge < -0.3 is 10.6 Å². The molecule has 3 aromatic rings. The smallest absolute Gasteiger partial charge is 0.321 e. The van der Waals surface area contributed by atoms with Crippen LogP contribution >= 0.6 is 22.9 Å². The number of benzene rings is 2. The summed E-state index contributed by atoms with van der Waals surface area (Å²) in [5, 5.41) is 8.36. The lowest BCUT2D eigenvalue weighted by Crippen LogP contribution is -2.40. The van der Waals surface area contributed by atoms with Gasteiger partial charge in [0.2, 0.25) is 0 Å². The molecular formula is C19H13ClFN3O3S. The number of amides is 4. The maximum atomic E-state index is 13.4. The molecule has 0 bridgehead atoms. The highest BCUT2D eigenvalue weighted by molar-refractivity contribution is 7.21. The molecule has 9 heteroatoms. The van der Waals surface area contributed by atoms with E-state index in [0.29, 0.717) is 21.3 Å². The highest BCUT2D eigenvalue weighted by atomic mass is 35.5. The molecule has 0 spiro atoms. The monoisotopic (exact) mass is 417 g/mol. The molecule has 1 atom stereocenters. The van der Waals surface area contributed by atoms with Gasteiger partial charge >= 0.3 is 6.03 Å². The molecule has 0 radical (unpaired) electrons. The number of urea groups is 1. The van der Waals surface area contributed by atoms with Crippen LogP contribution < -0.4 is 16.0 Å². The van der Waals surface area contributed by atoms with Crippen LogP contribution in [0.2, 0.25) is 5.02 Å². The molecule has 142 valence electrons. The van der Waals surface area contributed by atoms with E-state index in [1.165, 1.54) is 18.2 Å². The van der Waals surface area contributed by atoms with Crippen LogP contribution in [0.3, 0.4) is 0 Å².